The predicted molar refractivity (Wildman–Crippen MR) is 94.5 cm³/mol. The molecule has 1 aliphatic rings. The molecular formula is C16H23ClN2O5S. The van der Waals surface area contributed by atoms with E-state index in [9.17, 15) is 13.2 Å². The van der Waals surface area contributed by atoms with Gasteiger partial charge in [-0.05, 0) is 18.2 Å². The minimum Gasteiger partial charge on any atom is -0.482 e. The molecule has 1 heterocycles. The van der Waals surface area contributed by atoms with E-state index in [4.69, 9.17) is 21.1 Å². The van der Waals surface area contributed by atoms with E-state index >= 15 is 0 Å². The lowest BCUT2D eigenvalue weighted by molar-refractivity contribution is -0.137. The number of morpholine rings is 1. The van der Waals surface area contributed by atoms with Crippen molar-refractivity contribution in [1.82, 2.24) is 9.21 Å². The molecule has 0 atom stereocenters. The molecular weight excluding hydrogens is 368 g/mol. The van der Waals surface area contributed by atoms with Crippen molar-refractivity contribution in [2.45, 2.75) is 18.7 Å². The van der Waals surface area contributed by atoms with Crippen molar-refractivity contribution >= 4 is 27.5 Å². The molecule has 25 heavy (non-hydrogen) atoms. The maximum Gasteiger partial charge on any atom is 0.260 e. The summed E-state index contributed by atoms with van der Waals surface area (Å²) >= 11 is 5.97. The number of carbonyl (C=O) groups excluding carboxylic acids is 1. The molecule has 2 rings (SSSR count). The van der Waals surface area contributed by atoms with Crippen molar-refractivity contribution in [3.8, 4) is 5.75 Å². The Kier molecular flexibility index (Phi) is 7.06. The van der Waals surface area contributed by atoms with E-state index in [1.807, 2.05) is 0 Å². The number of amides is 1. The second-order valence-corrected chi connectivity index (χ2v) is 7.81. The van der Waals surface area contributed by atoms with Crippen LogP contribution in [0.2, 0.25) is 5.02 Å². The van der Waals surface area contributed by atoms with E-state index in [0.29, 0.717) is 39.4 Å². The van der Waals surface area contributed by atoms with Crippen molar-refractivity contribution in [3.63, 3.8) is 0 Å². The van der Waals surface area contributed by atoms with Gasteiger partial charge in [-0.3, -0.25) is 4.79 Å². The molecule has 140 valence electrons. The molecule has 9 heteroatoms. The van der Waals surface area contributed by atoms with Crippen LogP contribution in [0.1, 0.15) is 13.8 Å². The summed E-state index contributed by atoms with van der Waals surface area (Å²) in [6.07, 6.45) is 0. The molecule has 0 N–H and O–H groups in total. The largest absolute Gasteiger partial charge is 0.482 e. The molecule has 0 aromatic heterocycles. The van der Waals surface area contributed by atoms with Gasteiger partial charge in [-0.25, -0.2) is 8.42 Å². The number of benzene rings is 1. The Bertz CT molecular complexity index is 700. The van der Waals surface area contributed by atoms with Gasteiger partial charge in [0.25, 0.3) is 5.91 Å². The average Bonchev–Trinajstić information content (AvgIpc) is 2.62. The number of hydrogen-bond acceptors (Lipinski definition) is 5. The van der Waals surface area contributed by atoms with E-state index in [0.717, 1.165) is 0 Å². The topological polar surface area (TPSA) is 76.2 Å². The second-order valence-electron chi connectivity index (χ2n) is 5.46. The van der Waals surface area contributed by atoms with E-state index in [1.54, 1.807) is 18.7 Å². The number of hydrogen-bond donors (Lipinski definition) is 0. The van der Waals surface area contributed by atoms with Gasteiger partial charge in [-0.1, -0.05) is 25.4 Å². The van der Waals surface area contributed by atoms with Gasteiger partial charge in [0.05, 0.1) is 13.2 Å². The highest BCUT2D eigenvalue weighted by Crippen LogP contribution is 2.29. The van der Waals surface area contributed by atoms with Gasteiger partial charge >= 0.3 is 0 Å². The SMILES string of the molecule is CCN(CC)S(=O)(=O)c1cc(Cl)ccc1OCC(=O)N1CCOCC1. The summed E-state index contributed by atoms with van der Waals surface area (Å²) in [5.41, 5.74) is 0. The summed E-state index contributed by atoms with van der Waals surface area (Å²) in [5, 5.41) is 0.289. The zero-order valence-corrected chi connectivity index (χ0v) is 16.0. The third-order valence-electron chi connectivity index (χ3n) is 3.94. The summed E-state index contributed by atoms with van der Waals surface area (Å²) in [6.45, 7) is 5.95. The van der Waals surface area contributed by atoms with Gasteiger partial charge in [-0.2, -0.15) is 4.31 Å². The van der Waals surface area contributed by atoms with Crippen LogP contribution in [-0.4, -0.2) is 69.5 Å². The Morgan fingerprint density at radius 3 is 2.52 bits per heavy atom. The van der Waals surface area contributed by atoms with Crippen molar-refractivity contribution < 1.29 is 22.7 Å². The number of nitrogens with zero attached hydrogens (tertiary/aromatic N) is 2. The Hall–Kier alpha value is -1.35. The van der Waals surface area contributed by atoms with Crippen LogP contribution in [0.3, 0.4) is 0 Å². The third-order valence-corrected chi connectivity index (χ3v) is 6.25. The monoisotopic (exact) mass is 390 g/mol. The smallest absolute Gasteiger partial charge is 0.260 e. The first-order chi connectivity index (χ1) is 11.9. The number of rotatable bonds is 7. The maximum absolute atomic E-state index is 12.8. The van der Waals surface area contributed by atoms with Crippen molar-refractivity contribution in [1.29, 1.82) is 0 Å². The highest BCUT2D eigenvalue weighted by Gasteiger charge is 2.27. The number of sulfonamides is 1. The van der Waals surface area contributed by atoms with Gasteiger partial charge in [0.15, 0.2) is 6.61 Å². The highest BCUT2D eigenvalue weighted by atomic mass is 35.5. The molecule has 0 spiro atoms. The number of halogens is 1. The number of ether oxygens (including phenoxy) is 2. The molecule has 1 aliphatic heterocycles. The minimum atomic E-state index is -3.75. The van der Waals surface area contributed by atoms with Crippen LogP contribution in [0.5, 0.6) is 5.75 Å². The first-order valence-corrected chi connectivity index (χ1v) is 10.00. The Labute approximate surface area is 153 Å². The quantitative estimate of drug-likeness (QED) is 0.707. The summed E-state index contributed by atoms with van der Waals surface area (Å²) in [7, 11) is -3.75. The summed E-state index contributed by atoms with van der Waals surface area (Å²) in [5.74, 6) is -0.0812. The Morgan fingerprint density at radius 2 is 1.92 bits per heavy atom. The lowest BCUT2D eigenvalue weighted by atomic mass is 10.3. The summed E-state index contributed by atoms with van der Waals surface area (Å²) in [6, 6.07) is 4.37. The fourth-order valence-electron chi connectivity index (χ4n) is 2.55. The molecule has 1 aromatic carbocycles. The van der Waals surface area contributed by atoms with Crippen LogP contribution in [0, 0.1) is 0 Å². The first kappa shape index (κ1) is 20.0. The van der Waals surface area contributed by atoms with Crippen LogP contribution >= 0.6 is 11.6 Å². The molecule has 1 amide bonds. The Morgan fingerprint density at radius 1 is 1.28 bits per heavy atom. The van der Waals surface area contributed by atoms with Crippen LogP contribution in [-0.2, 0) is 19.6 Å². The molecule has 1 saturated heterocycles. The van der Waals surface area contributed by atoms with Crippen molar-refractivity contribution in [2.24, 2.45) is 0 Å². The van der Waals surface area contributed by atoms with Crippen LogP contribution in [0.15, 0.2) is 23.1 Å². The third kappa shape index (κ3) is 4.84. The standard InChI is InChI=1S/C16H23ClN2O5S/c1-3-19(4-2)25(21,22)15-11-13(17)5-6-14(15)24-12-16(20)18-7-9-23-10-8-18/h5-6,11H,3-4,7-10,12H2,1-2H3. The van der Waals surface area contributed by atoms with Crippen molar-refractivity contribution in [2.75, 3.05) is 46.0 Å². The second kappa shape index (κ2) is 8.84. The highest BCUT2D eigenvalue weighted by molar-refractivity contribution is 7.89. The van der Waals surface area contributed by atoms with Gasteiger partial charge in [-0.15, -0.1) is 0 Å². The number of carbonyl (C=O) groups is 1. The van der Waals surface area contributed by atoms with Crippen LogP contribution in [0.4, 0.5) is 0 Å². The molecule has 0 unspecified atom stereocenters. The first-order valence-electron chi connectivity index (χ1n) is 8.18. The molecule has 0 aliphatic carbocycles. The van der Waals surface area contributed by atoms with Gasteiger partial charge < -0.3 is 14.4 Å². The molecule has 0 saturated carbocycles. The van der Waals surface area contributed by atoms with E-state index in [-0.39, 0.29) is 28.2 Å². The fraction of sp³-hybridized carbons (Fsp3) is 0.562. The minimum absolute atomic E-state index is 0.0292. The molecule has 0 bridgehead atoms. The zero-order chi connectivity index (χ0) is 18.4. The van der Waals surface area contributed by atoms with Gasteiger partial charge in [0.1, 0.15) is 10.6 Å². The van der Waals surface area contributed by atoms with E-state index in [1.165, 1.54) is 22.5 Å². The lowest BCUT2D eigenvalue weighted by Gasteiger charge is -2.27. The fourth-order valence-corrected chi connectivity index (χ4v) is 4.40. The predicted octanol–water partition coefficient (Wildman–Crippen LogP) is 1.61. The zero-order valence-electron chi connectivity index (χ0n) is 14.4. The van der Waals surface area contributed by atoms with Gasteiger partial charge in [0, 0.05) is 31.2 Å². The van der Waals surface area contributed by atoms with Crippen LogP contribution in [0.25, 0.3) is 0 Å². The summed E-state index contributed by atoms with van der Waals surface area (Å²) < 4.78 is 37.6. The van der Waals surface area contributed by atoms with Crippen LogP contribution < -0.4 is 4.74 Å². The average molecular weight is 391 g/mol. The molecule has 7 nitrogen and oxygen atoms in total. The molecule has 0 radical (unpaired) electrons. The van der Waals surface area contributed by atoms with E-state index in [2.05, 4.69) is 0 Å². The summed E-state index contributed by atoms with van der Waals surface area (Å²) in [4.78, 5) is 13.8. The molecule has 1 aromatic rings. The lowest BCUT2D eigenvalue weighted by Crippen LogP contribution is -2.43. The molecule has 1 fully saturated rings. The van der Waals surface area contributed by atoms with Gasteiger partial charge in [0.2, 0.25) is 10.0 Å². The maximum atomic E-state index is 12.8. The normalized spacial score (nSPS) is 15.4. The van der Waals surface area contributed by atoms with E-state index < -0.39 is 10.0 Å². The van der Waals surface area contributed by atoms with Crippen molar-refractivity contribution in [3.05, 3.63) is 23.2 Å². The Balaban J connectivity index is 2.19.